The summed E-state index contributed by atoms with van der Waals surface area (Å²) < 4.78 is 0. The van der Waals surface area contributed by atoms with Crippen LogP contribution in [-0.2, 0) is 0 Å². The maximum atomic E-state index is 3.28. The molecule has 0 aromatic rings. The van der Waals surface area contributed by atoms with Crippen LogP contribution in [0.3, 0.4) is 0 Å². The maximum absolute atomic E-state index is 3.28. The minimum absolute atomic E-state index is 0.612. The number of hydrogen-bond donors (Lipinski definition) is 1. The third-order valence-electron chi connectivity index (χ3n) is 3.00. The largest absolute Gasteiger partial charge is 0.316 e. The van der Waals surface area contributed by atoms with Crippen LogP contribution in [0, 0.1) is 0 Å². The highest BCUT2D eigenvalue weighted by molar-refractivity contribution is 4.82. The van der Waals surface area contributed by atoms with Gasteiger partial charge < -0.3 is 15.1 Å². The molecule has 1 fully saturated rings. The Hall–Kier alpha value is -0.120. The van der Waals surface area contributed by atoms with Gasteiger partial charge >= 0.3 is 0 Å². The lowest BCUT2D eigenvalue weighted by atomic mass is 10.2. The zero-order valence-corrected chi connectivity index (χ0v) is 9.38. The van der Waals surface area contributed by atoms with Crippen molar-refractivity contribution in [2.75, 3.05) is 40.8 Å². The normalized spacial score (nSPS) is 27.0. The smallest absolute Gasteiger partial charge is 0.0229 e. The number of nitrogens with one attached hydrogen (secondary N) is 1. The van der Waals surface area contributed by atoms with Gasteiger partial charge in [-0.1, -0.05) is 0 Å². The molecule has 0 saturated carbocycles. The molecule has 1 aliphatic rings. The van der Waals surface area contributed by atoms with Crippen molar-refractivity contribution >= 4 is 0 Å². The molecule has 1 aliphatic heterocycles. The lowest BCUT2D eigenvalue weighted by Gasteiger charge is -2.22. The zero-order valence-electron chi connectivity index (χ0n) is 9.38. The second-order valence-corrected chi connectivity index (χ2v) is 4.36. The predicted octanol–water partition coefficient (Wildman–Crippen LogP) is 0.230. The fraction of sp³-hybridized carbons (Fsp3) is 1.00. The van der Waals surface area contributed by atoms with E-state index in [1.54, 1.807) is 0 Å². The lowest BCUT2D eigenvalue weighted by molar-refractivity contribution is 0.256. The van der Waals surface area contributed by atoms with Crippen LogP contribution in [0.5, 0.6) is 0 Å². The Morgan fingerprint density at radius 1 is 1.54 bits per heavy atom. The van der Waals surface area contributed by atoms with Gasteiger partial charge in [0.2, 0.25) is 0 Å². The van der Waals surface area contributed by atoms with E-state index in [1.807, 2.05) is 7.05 Å². The van der Waals surface area contributed by atoms with Gasteiger partial charge in [0, 0.05) is 25.2 Å². The first-order chi connectivity index (χ1) is 6.13. The maximum Gasteiger partial charge on any atom is 0.0229 e. The summed E-state index contributed by atoms with van der Waals surface area (Å²) in [6, 6.07) is 1.38. The van der Waals surface area contributed by atoms with Gasteiger partial charge in [-0.05, 0) is 41.0 Å². The van der Waals surface area contributed by atoms with E-state index in [1.165, 1.54) is 26.1 Å². The van der Waals surface area contributed by atoms with Crippen molar-refractivity contribution in [3.05, 3.63) is 0 Å². The van der Waals surface area contributed by atoms with E-state index >= 15 is 0 Å². The third kappa shape index (κ3) is 3.25. The fourth-order valence-corrected chi connectivity index (χ4v) is 1.88. The standard InChI is InChI=1S/C10H23N3/c1-9(11-2)7-13-6-5-10(8-13)12(3)4/h9-11H,5-8H2,1-4H3. The molecule has 2 unspecified atom stereocenters. The Morgan fingerprint density at radius 2 is 2.23 bits per heavy atom. The highest BCUT2D eigenvalue weighted by atomic mass is 15.2. The molecule has 3 nitrogen and oxygen atoms in total. The van der Waals surface area contributed by atoms with Crippen LogP contribution in [-0.4, -0.2) is 62.7 Å². The molecule has 1 rings (SSSR count). The van der Waals surface area contributed by atoms with Gasteiger partial charge in [0.05, 0.1) is 0 Å². The monoisotopic (exact) mass is 185 g/mol. The number of nitrogens with zero attached hydrogens (tertiary/aromatic N) is 2. The summed E-state index contributed by atoms with van der Waals surface area (Å²) in [6.07, 6.45) is 1.32. The molecule has 0 spiro atoms. The Morgan fingerprint density at radius 3 is 2.69 bits per heavy atom. The molecule has 1 saturated heterocycles. The third-order valence-corrected chi connectivity index (χ3v) is 3.00. The summed E-state index contributed by atoms with van der Waals surface area (Å²) in [5.74, 6) is 0. The van der Waals surface area contributed by atoms with Crippen LogP contribution in [0.4, 0.5) is 0 Å². The molecule has 0 radical (unpaired) electrons. The van der Waals surface area contributed by atoms with E-state index in [2.05, 4.69) is 36.1 Å². The molecule has 0 aromatic heterocycles. The summed E-state index contributed by atoms with van der Waals surface area (Å²) in [7, 11) is 6.38. The van der Waals surface area contributed by atoms with E-state index in [-0.39, 0.29) is 0 Å². The first kappa shape index (κ1) is 11.0. The van der Waals surface area contributed by atoms with Gasteiger partial charge in [-0.15, -0.1) is 0 Å². The average Bonchev–Trinajstić information content (AvgIpc) is 2.52. The highest BCUT2D eigenvalue weighted by Gasteiger charge is 2.24. The summed E-state index contributed by atoms with van der Waals surface area (Å²) in [5, 5.41) is 3.28. The molecule has 3 heteroatoms. The molecule has 1 N–H and O–H groups in total. The van der Waals surface area contributed by atoms with Crippen molar-refractivity contribution in [1.82, 2.24) is 15.1 Å². The minimum atomic E-state index is 0.612. The van der Waals surface area contributed by atoms with Crippen molar-refractivity contribution in [3.8, 4) is 0 Å². The quantitative estimate of drug-likeness (QED) is 0.676. The highest BCUT2D eigenvalue weighted by Crippen LogP contribution is 2.12. The molecule has 1 heterocycles. The summed E-state index contributed by atoms with van der Waals surface area (Å²) >= 11 is 0. The molecule has 0 bridgehead atoms. The zero-order chi connectivity index (χ0) is 9.84. The van der Waals surface area contributed by atoms with E-state index in [0.717, 1.165) is 6.04 Å². The SMILES string of the molecule is CNC(C)CN1CCC(N(C)C)C1. The number of rotatable bonds is 4. The molecule has 0 aliphatic carbocycles. The van der Waals surface area contributed by atoms with Gasteiger partial charge in [0.1, 0.15) is 0 Å². The molecule has 0 aromatic carbocycles. The molecule has 13 heavy (non-hydrogen) atoms. The van der Waals surface area contributed by atoms with E-state index in [4.69, 9.17) is 0 Å². The van der Waals surface area contributed by atoms with Crippen LogP contribution in [0.25, 0.3) is 0 Å². The van der Waals surface area contributed by atoms with Crippen molar-refractivity contribution in [1.29, 1.82) is 0 Å². The first-order valence-electron chi connectivity index (χ1n) is 5.19. The van der Waals surface area contributed by atoms with Crippen LogP contribution < -0.4 is 5.32 Å². The van der Waals surface area contributed by atoms with Crippen LogP contribution >= 0.6 is 0 Å². The van der Waals surface area contributed by atoms with E-state index in [9.17, 15) is 0 Å². The Bertz CT molecular complexity index is 147. The molecular weight excluding hydrogens is 162 g/mol. The predicted molar refractivity (Wildman–Crippen MR) is 57.1 cm³/mol. The molecule has 2 atom stereocenters. The van der Waals surface area contributed by atoms with E-state index < -0.39 is 0 Å². The van der Waals surface area contributed by atoms with Crippen molar-refractivity contribution in [3.63, 3.8) is 0 Å². The molecular formula is C10H23N3. The molecule has 0 amide bonds. The Balaban J connectivity index is 2.25. The molecule has 78 valence electrons. The van der Waals surface area contributed by atoms with Gasteiger partial charge in [0.25, 0.3) is 0 Å². The minimum Gasteiger partial charge on any atom is -0.316 e. The summed E-state index contributed by atoms with van der Waals surface area (Å²) in [5.41, 5.74) is 0. The average molecular weight is 185 g/mol. The van der Waals surface area contributed by atoms with Crippen LogP contribution in [0.2, 0.25) is 0 Å². The van der Waals surface area contributed by atoms with Gasteiger partial charge in [-0.2, -0.15) is 0 Å². The second kappa shape index (κ2) is 4.94. The topological polar surface area (TPSA) is 18.5 Å². The second-order valence-electron chi connectivity index (χ2n) is 4.36. The van der Waals surface area contributed by atoms with Crippen molar-refractivity contribution < 1.29 is 0 Å². The number of hydrogen-bond acceptors (Lipinski definition) is 3. The Kier molecular flexibility index (Phi) is 4.16. The van der Waals surface area contributed by atoms with E-state index in [0.29, 0.717) is 6.04 Å². The summed E-state index contributed by atoms with van der Waals surface area (Å²) in [6.45, 7) is 5.91. The van der Waals surface area contributed by atoms with Gasteiger partial charge in [-0.3, -0.25) is 0 Å². The first-order valence-corrected chi connectivity index (χ1v) is 5.19. The van der Waals surface area contributed by atoms with Gasteiger partial charge in [-0.25, -0.2) is 0 Å². The Labute approximate surface area is 82.1 Å². The van der Waals surface area contributed by atoms with Crippen molar-refractivity contribution in [2.24, 2.45) is 0 Å². The van der Waals surface area contributed by atoms with Crippen LogP contribution in [0.15, 0.2) is 0 Å². The van der Waals surface area contributed by atoms with Crippen molar-refractivity contribution in [2.45, 2.75) is 25.4 Å². The summed E-state index contributed by atoms with van der Waals surface area (Å²) in [4.78, 5) is 4.88. The lowest BCUT2D eigenvalue weighted by Crippen LogP contribution is -2.38. The van der Waals surface area contributed by atoms with Gasteiger partial charge in [0.15, 0.2) is 0 Å². The number of likely N-dealkylation sites (N-methyl/N-ethyl adjacent to an activating group) is 2. The number of likely N-dealkylation sites (tertiary alicyclic amines) is 1. The van der Waals surface area contributed by atoms with Crippen LogP contribution in [0.1, 0.15) is 13.3 Å². The fourth-order valence-electron chi connectivity index (χ4n) is 1.88.